The molecule has 0 bridgehead atoms. The Balaban J connectivity index is 1.76. The van der Waals surface area contributed by atoms with Crippen LogP contribution in [0.15, 0.2) is 59.5 Å². The van der Waals surface area contributed by atoms with Gasteiger partial charge in [-0.1, -0.05) is 43.3 Å². The normalized spacial score (nSPS) is 13.4. The van der Waals surface area contributed by atoms with E-state index in [9.17, 15) is 8.42 Å². The topological polar surface area (TPSA) is 46.2 Å². The van der Waals surface area contributed by atoms with E-state index in [4.69, 9.17) is 0 Å². The minimum Gasteiger partial charge on any atom is -0.279 e. The van der Waals surface area contributed by atoms with Crippen molar-refractivity contribution in [1.82, 2.24) is 0 Å². The van der Waals surface area contributed by atoms with Gasteiger partial charge >= 0.3 is 0 Å². The van der Waals surface area contributed by atoms with Gasteiger partial charge in [0.2, 0.25) is 0 Å². The van der Waals surface area contributed by atoms with Crippen molar-refractivity contribution in [3.63, 3.8) is 0 Å². The molecule has 0 saturated carbocycles. The highest BCUT2D eigenvalue weighted by Gasteiger charge is 2.19. The van der Waals surface area contributed by atoms with Gasteiger partial charge in [0, 0.05) is 5.39 Å². The first-order valence-electron chi connectivity index (χ1n) is 8.24. The fraction of sp³-hybridized carbons (Fsp3) is 0.200. The minimum absolute atomic E-state index is 0.294. The Labute approximate surface area is 142 Å². The van der Waals surface area contributed by atoms with Gasteiger partial charge in [0.15, 0.2) is 0 Å². The molecule has 1 aliphatic carbocycles. The van der Waals surface area contributed by atoms with Crippen molar-refractivity contribution in [3.8, 4) is 0 Å². The smallest absolute Gasteiger partial charge is 0.261 e. The standard InChI is InChI=1S/C20H19NO2S/c1-2-14-6-11-17(12-7-14)24(22,23)21-19-13-10-16-9-8-15-4-3-5-18(19)20(15)16/h3-7,10-13,21H,2,8-9H2,1H3. The maximum Gasteiger partial charge on any atom is 0.261 e. The maximum atomic E-state index is 12.7. The number of nitrogens with one attached hydrogen (secondary N) is 1. The highest BCUT2D eigenvalue weighted by Crippen LogP contribution is 2.35. The van der Waals surface area contributed by atoms with E-state index in [1.54, 1.807) is 12.1 Å². The largest absolute Gasteiger partial charge is 0.279 e. The zero-order valence-corrected chi connectivity index (χ0v) is 14.4. The molecule has 3 nitrogen and oxygen atoms in total. The van der Waals surface area contributed by atoms with Crippen LogP contribution < -0.4 is 4.72 Å². The van der Waals surface area contributed by atoms with Gasteiger partial charge in [-0.2, -0.15) is 0 Å². The van der Waals surface area contributed by atoms with Gasteiger partial charge in [-0.3, -0.25) is 4.72 Å². The van der Waals surface area contributed by atoms with Gasteiger partial charge in [0.05, 0.1) is 10.6 Å². The molecule has 0 aromatic heterocycles. The van der Waals surface area contributed by atoms with E-state index in [0.29, 0.717) is 10.6 Å². The zero-order valence-electron chi connectivity index (χ0n) is 13.5. The van der Waals surface area contributed by atoms with Crippen LogP contribution >= 0.6 is 0 Å². The Morgan fingerprint density at radius 2 is 1.62 bits per heavy atom. The fourth-order valence-electron chi connectivity index (χ4n) is 3.44. The Hall–Kier alpha value is -2.33. The lowest BCUT2D eigenvalue weighted by atomic mass is 10.0. The monoisotopic (exact) mass is 337 g/mol. The second-order valence-corrected chi connectivity index (χ2v) is 7.90. The van der Waals surface area contributed by atoms with E-state index in [0.717, 1.165) is 30.2 Å². The third-order valence-corrected chi connectivity index (χ3v) is 6.14. The SMILES string of the molecule is CCc1ccc(S(=O)(=O)Nc2ccc3c4c(cccc24)CC3)cc1. The van der Waals surface area contributed by atoms with Crippen LogP contribution in [-0.4, -0.2) is 8.42 Å². The fourth-order valence-corrected chi connectivity index (χ4v) is 4.52. The van der Waals surface area contributed by atoms with E-state index in [-0.39, 0.29) is 0 Å². The first-order chi connectivity index (χ1) is 11.6. The molecule has 0 radical (unpaired) electrons. The van der Waals surface area contributed by atoms with Crippen LogP contribution in [0.25, 0.3) is 10.8 Å². The van der Waals surface area contributed by atoms with Crippen molar-refractivity contribution in [2.24, 2.45) is 0 Å². The molecule has 4 heteroatoms. The molecule has 0 heterocycles. The first kappa shape index (κ1) is 15.2. The summed E-state index contributed by atoms with van der Waals surface area (Å²) in [7, 11) is -3.59. The summed E-state index contributed by atoms with van der Waals surface area (Å²) in [5, 5.41) is 2.19. The lowest BCUT2D eigenvalue weighted by Crippen LogP contribution is -2.13. The Morgan fingerprint density at radius 3 is 2.33 bits per heavy atom. The number of hydrogen-bond donors (Lipinski definition) is 1. The zero-order chi connectivity index (χ0) is 16.7. The Bertz CT molecular complexity index is 1010. The van der Waals surface area contributed by atoms with Gasteiger partial charge in [0.1, 0.15) is 0 Å². The van der Waals surface area contributed by atoms with E-state index in [1.165, 1.54) is 16.5 Å². The number of aryl methyl sites for hydroxylation is 3. The van der Waals surface area contributed by atoms with Crippen molar-refractivity contribution in [3.05, 3.63) is 71.3 Å². The number of benzene rings is 3. The molecule has 0 unspecified atom stereocenters. The van der Waals surface area contributed by atoms with Gasteiger partial charge in [0.25, 0.3) is 10.0 Å². The minimum atomic E-state index is -3.59. The summed E-state index contributed by atoms with van der Waals surface area (Å²) in [6.07, 6.45) is 2.95. The molecule has 0 amide bonds. The molecule has 0 atom stereocenters. The third-order valence-electron chi connectivity index (χ3n) is 4.76. The van der Waals surface area contributed by atoms with Crippen LogP contribution in [0.2, 0.25) is 0 Å². The molecular formula is C20H19NO2S. The van der Waals surface area contributed by atoms with Crippen LogP contribution in [-0.2, 0) is 29.3 Å². The van der Waals surface area contributed by atoms with Crippen molar-refractivity contribution in [2.75, 3.05) is 4.72 Å². The first-order valence-corrected chi connectivity index (χ1v) is 9.72. The highest BCUT2D eigenvalue weighted by atomic mass is 32.2. The van der Waals surface area contributed by atoms with E-state index < -0.39 is 10.0 Å². The Morgan fingerprint density at radius 1 is 0.917 bits per heavy atom. The Kier molecular flexibility index (Phi) is 3.57. The molecule has 0 spiro atoms. The van der Waals surface area contributed by atoms with Crippen LogP contribution in [0, 0.1) is 0 Å². The summed E-state index contributed by atoms with van der Waals surface area (Å²) < 4.78 is 28.2. The van der Waals surface area contributed by atoms with Crippen LogP contribution in [0.3, 0.4) is 0 Å². The average molecular weight is 337 g/mol. The molecule has 24 heavy (non-hydrogen) atoms. The van der Waals surface area contributed by atoms with E-state index >= 15 is 0 Å². The maximum absolute atomic E-state index is 12.7. The summed E-state index contributed by atoms with van der Waals surface area (Å²) in [5.74, 6) is 0. The quantitative estimate of drug-likeness (QED) is 0.771. The van der Waals surface area contributed by atoms with Gasteiger partial charge in [-0.05, 0) is 59.5 Å². The summed E-state index contributed by atoms with van der Waals surface area (Å²) in [4.78, 5) is 0.294. The van der Waals surface area contributed by atoms with E-state index in [2.05, 4.69) is 17.7 Å². The van der Waals surface area contributed by atoms with Crippen LogP contribution in [0.1, 0.15) is 23.6 Å². The molecule has 0 aliphatic heterocycles. The predicted octanol–water partition coefficient (Wildman–Crippen LogP) is 4.30. The molecule has 0 saturated heterocycles. The molecule has 122 valence electrons. The number of sulfonamides is 1. The molecular weight excluding hydrogens is 318 g/mol. The van der Waals surface area contributed by atoms with Gasteiger partial charge < -0.3 is 0 Å². The molecule has 1 N–H and O–H groups in total. The van der Waals surface area contributed by atoms with Crippen molar-refractivity contribution < 1.29 is 8.42 Å². The van der Waals surface area contributed by atoms with Gasteiger partial charge in [-0.15, -0.1) is 0 Å². The lowest BCUT2D eigenvalue weighted by Gasteiger charge is -2.12. The average Bonchev–Trinajstić information content (AvgIpc) is 3.02. The summed E-state index contributed by atoms with van der Waals surface area (Å²) in [6.45, 7) is 2.05. The van der Waals surface area contributed by atoms with Crippen LogP contribution in [0.5, 0.6) is 0 Å². The van der Waals surface area contributed by atoms with Crippen molar-refractivity contribution in [2.45, 2.75) is 31.1 Å². The van der Waals surface area contributed by atoms with Crippen molar-refractivity contribution in [1.29, 1.82) is 0 Å². The van der Waals surface area contributed by atoms with E-state index in [1.807, 2.05) is 36.4 Å². The summed E-state index contributed by atoms with van der Waals surface area (Å²) in [5.41, 5.74) is 4.38. The summed E-state index contributed by atoms with van der Waals surface area (Å²) in [6, 6.07) is 17.1. The molecule has 4 rings (SSSR count). The molecule has 3 aromatic rings. The summed E-state index contributed by atoms with van der Waals surface area (Å²) >= 11 is 0. The second-order valence-electron chi connectivity index (χ2n) is 6.21. The molecule has 0 fully saturated rings. The molecule has 1 aliphatic rings. The predicted molar refractivity (Wildman–Crippen MR) is 98.0 cm³/mol. The number of anilines is 1. The highest BCUT2D eigenvalue weighted by molar-refractivity contribution is 7.92. The van der Waals surface area contributed by atoms with Gasteiger partial charge in [-0.25, -0.2) is 8.42 Å². The number of hydrogen-bond acceptors (Lipinski definition) is 2. The second kappa shape index (κ2) is 5.64. The third kappa shape index (κ3) is 2.47. The lowest BCUT2D eigenvalue weighted by molar-refractivity contribution is 0.601. The molecule has 3 aromatic carbocycles. The number of rotatable bonds is 4. The van der Waals surface area contributed by atoms with Crippen LogP contribution in [0.4, 0.5) is 5.69 Å². The van der Waals surface area contributed by atoms with Crippen molar-refractivity contribution >= 4 is 26.5 Å².